The van der Waals surface area contributed by atoms with Gasteiger partial charge in [0.1, 0.15) is 18.8 Å². The van der Waals surface area contributed by atoms with E-state index in [4.69, 9.17) is 14.2 Å². The van der Waals surface area contributed by atoms with Gasteiger partial charge in [0.25, 0.3) is 5.91 Å². The first-order valence-electron chi connectivity index (χ1n) is 9.12. The summed E-state index contributed by atoms with van der Waals surface area (Å²) in [7, 11) is 1.28. The highest BCUT2D eigenvalue weighted by Crippen LogP contribution is 2.63. The van der Waals surface area contributed by atoms with Gasteiger partial charge in [-0.15, -0.1) is 0 Å². The number of carbonyl (C=O) groups is 4. The molecule has 0 radical (unpaired) electrons. The highest BCUT2D eigenvalue weighted by molar-refractivity contribution is 6.01. The van der Waals surface area contributed by atoms with Crippen molar-refractivity contribution in [2.45, 2.75) is 25.3 Å². The molecule has 1 unspecified atom stereocenters. The third-order valence-electron chi connectivity index (χ3n) is 5.11. The molecule has 0 aromatic heterocycles. The molecule has 2 saturated carbocycles. The molecule has 9 nitrogen and oxygen atoms in total. The molecule has 2 fully saturated rings. The number of hydrogen-bond acceptors (Lipinski definition) is 7. The van der Waals surface area contributed by atoms with E-state index in [2.05, 4.69) is 18.5 Å². The van der Waals surface area contributed by atoms with Crippen molar-refractivity contribution in [3.63, 3.8) is 0 Å². The second kappa shape index (κ2) is 8.90. The molecular formula is C19H26N2O7. The predicted octanol–water partition coefficient (Wildman–Crippen LogP) is 1.64. The van der Waals surface area contributed by atoms with Crippen molar-refractivity contribution in [2.75, 3.05) is 26.9 Å². The van der Waals surface area contributed by atoms with Gasteiger partial charge >= 0.3 is 18.2 Å². The van der Waals surface area contributed by atoms with Crippen molar-refractivity contribution in [2.24, 2.45) is 17.8 Å². The van der Waals surface area contributed by atoms with Crippen LogP contribution in [0.3, 0.4) is 0 Å². The van der Waals surface area contributed by atoms with E-state index in [-0.39, 0.29) is 32.2 Å². The average molecular weight is 394 g/mol. The molecule has 4 atom stereocenters. The number of alkyl carbamates (subject to hydrolysis) is 1. The summed E-state index contributed by atoms with van der Waals surface area (Å²) in [5.41, 5.74) is -1.44. The Morgan fingerprint density at radius 1 is 1.14 bits per heavy atom. The number of hydrogen-bond donors (Lipinski definition) is 1. The second-order valence-electron chi connectivity index (χ2n) is 6.72. The first-order valence-corrected chi connectivity index (χ1v) is 9.12. The zero-order chi connectivity index (χ0) is 20.9. The molecule has 0 heterocycles. The lowest BCUT2D eigenvalue weighted by Gasteiger charge is -2.33. The highest BCUT2D eigenvalue weighted by Gasteiger charge is 2.72. The molecule has 0 spiro atoms. The molecule has 0 aliphatic heterocycles. The van der Waals surface area contributed by atoms with Gasteiger partial charge < -0.3 is 19.5 Å². The molecule has 1 N–H and O–H groups in total. The zero-order valence-corrected chi connectivity index (χ0v) is 16.1. The van der Waals surface area contributed by atoms with Gasteiger partial charge in [0.05, 0.1) is 12.5 Å². The van der Waals surface area contributed by atoms with E-state index in [0.29, 0.717) is 6.42 Å². The average Bonchev–Trinajstić information content (AvgIpc) is 3.31. The minimum Gasteiger partial charge on any atom is -0.461 e. The van der Waals surface area contributed by atoms with Gasteiger partial charge in [-0.05, 0) is 25.7 Å². The normalized spacial score (nSPS) is 27.0. The van der Waals surface area contributed by atoms with Gasteiger partial charge in [-0.1, -0.05) is 25.3 Å². The number of amides is 3. The van der Waals surface area contributed by atoms with Crippen LogP contribution in [0.1, 0.15) is 19.8 Å². The van der Waals surface area contributed by atoms with Crippen LogP contribution < -0.4 is 5.32 Å². The van der Waals surface area contributed by atoms with Gasteiger partial charge in [-0.3, -0.25) is 9.59 Å². The fourth-order valence-electron chi connectivity index (χ4n) is 3.93. The summed E-state index contributed by atoms with van der Waals surface area (Å²) in [5, 5.41) is 2.60. The van der Waals surface area contributed by atoms with Crippen LogP contribution in [0.25, 0.3) is 0 Å². The number of ether oxygens (including phenoxy) is 3. The lowest BCUT2D eigenvalue weighted by atomic mass is 9.88. The predicted molar refractivity (Wildman–Crippen MR) is 98.1 cm³/mol. The Bertz CT molecular complexity index is 677. The Balaban J connectivity index is 2.25. The van der Waals surface area contributed by atoms with Crippen LogP contribution in [-0.2, 0) is 23.8 Å². The molecule has 3 amide bonds. The molecule has 2 rings (SSSR count). The molecular weight excluding hydrogens is 368 g/mol. The van der Waals surface area contributed by atoms with E-state index in [1.807, 2.05) is 0 Å². The lowest BCUT2D eigenvalue weighted by molar-refractivity contribution is -0.145. The van der Waals surface area contributed by atoms with E-state index in [1.54, 1.807) is 6.92 Å². The third-order valence-corrected chi connectivity index (χ3v) is 5.11. The van der Waals surface area contributed by atoms with Crippen molar-refractivity contribution in [3.05, 3.63) is 25.3 Å². The summed E-state index contributed by atoms with van der Waals surface area (Å²) in [6, 6.07) is 0. The molecule has 9 heteroatoms. The van der Waals surface area contributed by atoms with Gasteiger partial charge in [-0.25, -0.2) is 14.5 Å². The Hall–Kier alpha value is -2.84. The van der Waals surface area contributed by atoms with Crippen molar-refractivity contribution in [1.82, 2.24) is 10.2 Å². The standard InChI is InChI=1S/C19H26N2O7/c1-5-10-27-15(22)13-12-8-9-19(14(12)13,20-17(24)28-11-6-2)16(23)21(4)18(25)26-7-3/h5-6,12-14H,1-2,7-11H2,3-4H3,(H,20,24)/t12-,13?,14-,19-/m0/s1. The smallest absolute Gasteiger partial charge is 0.416 e. The Morgan fingerprint density at radius 2 is 1.79 bits per heavy atom. The summed E-state index contributed by atoms with van der Waals surface area (Å²) < 4.78 is 15.0. The summed E-state index contributed by atoms with van der Waals surface area (Å²) in [5.74, 6) is -2.23. The Kier molecular flexibility index (Phi) is 6.82. The van der Waals surface area contributed by atoms with Crippen LogP contribution in [0.5, 0.6) is 0 Å². The molecule has 2 aliphatic rings. The maximum absolute atomic E-state index is 13.2. The van der Waals surface area contributed by atoms with Gasteiger partial charge in [0.2, 0.25) is 0 Å². The van der Waals surface area contributed by atoms with Crippen LogP contribution in [0.4, 0.5) is 9.59 Å². The maximum Gasteiger partial charge on any atom is 0.416 e. The van der Waals surface area contributed by atoms with E-state index in [0.717, 1.165) is 4.90 Å². The minimum absolute atomic E-state index is 0.0390. The number of carbonyl (C=O) groups excluding carboxylic acids is 4. The zero-order valence-electron chi connectivity index (χ0n) is 16.1. The SMILES string of the molecule is C=CCOC(=O)N[C@@]1(C(=O)N(C)C(=O)OCC)CC[C@H]2C(C(=O)OCC=C)[C@H]21. The first kappa shape index (κ1) is 21.5. The largest absolute Gasteiger partial charge is 0.461 e. The van der Waals surface area contributed by atoms with Crippen LogP contribution in [0, 0.1) is 17.8 Å². The van der Waals surface area contributed by atoms with Crippen LogP contribution >= 0.6 is 0 Å². The summed E-state index contributed by atoms with van der Waals surface area (Å²) in [6.07, 6.45) is 2.00. The second-order valence-corrected chi connectivity index (χ2v) is 6.72. The Labute approximate surface area is 163 Å². The summed E-state index contributed by atoms with van der Waals surface area (Å²) in [4.78, 5) is 50.6. The topological polar surface area (TPSA) is 111 Å². The van der Waals surface area contributed by atoms with Crippen LogP contribution in [0.15, 0.2) is 25.3 Å². The molecule has 154 valence electrons. The molecule has 0 aromatic rings. The number of esters is 1. The van der Waals surface area contributed by atoms with Crippen molar-refractivity contribution in [1.29, 1.82) is 0 Å². The third kappa shape index (κ3) is 4.02. The lowest BCUT2D eigenvalue weighted by Crippen LogP contribution is -2.61. The van der Waals surface area contributed by atoms with E-state index in [9.17, 15) is 19.2 Å². The van der Waals surface area contributed by atoms with Crippen molar-refractivity contribution >= 4 is 24.1 Å². The monoisotopic (exact) mass is 394 g/mol. The quantitative estimate of drug-likeness (QED) is 0.378. The first-order chi connectivity index (χ1) is 13.3. The van der Waals surface area contributed by atoms with Crippen molar-refractivity contribution in [3.8, 4) is 0 Å². The van der Waals surface area contributed by atoms with Crippen LogP contribution in [-0.4, -0.2) is 61.4 Å². The van der Waals surface area contributed by atoms with Crippen molar-refractivity contribution < 1.29 is 33.4 Å². The van der Waals surface area contributed by atoms with Gasteiger partial charge in [-0.2, -0.15) is 0 Å². The number of fused-ring (bicyclic) bond motifs is 1. The number of imide groups is 1. The fraction of sp³-hybridized carbons (Fsp3) is 0.579. The van der Waals surface area contributed by atoms with E-state index in [1.165, 1.54) is 19.2 Å². The number of likely N-dealkylation sites (N-methyl/N-ethyl adjacent to an activating group) is 1. The van der Waals surface area contributed by atoms with Gasteiger partial charge in [0.15, 0.2) is 0 Å². The molecule has 28 heavy (non-hydrogen) atoms. The number of rotatable bonds is 8. The number of nitrogens with zero attached hydrogens (tertiary/aromatic N) is 1. The van der Waals surface area contributed by atoms with Crippen LogP contribution in [0.2, 0.25) is 0 Å². The molecule has 0 saturated heterocycles. The van der Waals surface area contributed by atoms with Gasteiger partial charge in [0, 0.05) is 13.0 Å². The summed E-state index contributed by atoms with van der Waals surface area (Å²) >= 11 is 0. The molecule has 0 aromatic carbocycles. The Morgan fingerprint density at radius 3 is 2.39 bits per heavy atom. The number of nitrogens with one attached hydrogen (secondary N) is 1. The highest BCUT2D eigenvalue weighted by atomic mass is 16.6. The molecule has 0 bridgehead atoms. The minimum atomic E-state index is -1.44. The van der Waals surface area contributed by atoms with E-state index < -0.39 is 41.4 Å². The fourth-order valence-corrected chi connectivity index (χ4v) is 3.93. The maximum atomic E-state index is 13.2. The van der Waals surface area contributed by atoms with E-state index >= 15 is 0 Å². The summed E-state index contributed by atoms with van der Waals surface area (Å²) in [6.45, 7) is 8.71. The molecule has 2 aliphatic carbocycles.